The molecule has 1 saturated heterocycles. The molecule has 1 saturated carbocycles. The highest BCUT2D eigenvalue weighted by molar-refractivity contribution is 5.98. The number of benzene rings is 2. The van der Waals surface area contributed by atoms with Crippen molar-refractivity contribution in [2.45, 2.75) is 57.5 Å². The maximum Gasteiger partial charge on any atom is 0.275 e. The van der Waals surface area contributed by atoms with Crippen molar-refractivity contribution in [3.63, 3.8) is 0 Å². The summed E-state index contributed by atoms with van der Waals surface area (Å²) in [7, 11) is 0. The van der Waals surface area contributed by atoms with Crippen LogP contribution in [-0.4, -0.2) is 58.5 Å². The van der Waals surface area contributed by atoms with E-state index in [1.54, 1.807) is 6.08 Å². The number of piperazine rings is 1. The lowest BCUT2D eigenvalue weighted by molar-refractivity contribution is -0.116. The maximum atomic E-state index is 14.2. The molecule has 39 heavy (non-hydrogen) atoms. The van der Waals surface area contributed by atoms with Gasteiger partial charge in [0.05, 0.1) is 18.1 Å². The van der Waals surface area contributed by atoms with Crippen LogP contribution in [0.15, 0.2) is 78.6 Å². The van der Waals surface area contributed by atoms with Gasteiger partial charge in [0, 0.05) is 43.9 Å². The fourth-order valence-electron chi connectivity index (χ4n) is 5.84. The molecule has 2 amide bonds. The van der Waals surface area contributed by atoms with Gasteiger partial charge in [-0.2, -0.15) is 0 Å². The molecule has 2 aromatic carbocycles. The third kappa shape index (κ3) is 6.31. The Balaban J connectivity index is 1.50. The van der Waals surface area contributed by atoms with Crippen molar-refractivity contribution >= 4 is 11.8 Å². The Bertz CT molecular complexity index is 1280. The number of rotatable bonds is 8. The topological polar surface area (TPSA) is 79.3 Å². The maximum absolute atomic E-state index is 14.2. The number of nitrogens with zero attached hydrogens (tertiary/aromatic N) is 3. The summed E-state index contributed by atoms with van der Waals surface area (Å²) in [6, 6.07) is 20.5. The van der Waals surface area contributed by atoms with Crippen LogP contribution in [0.2, 0.25) is 0 Å². The van der Waals surface area contributed by atoms with E-state index in [0.29, 0.717) is 18.8 Å². The van der Waals surface area contributed by atoms with E-state index in [4.69, 9.17) is 4.98 Å². The Hall–Kier alpha value is -3.71. The molecule has 2 heterocycles. The molecule has 2 N–H and O–H groups in total. The van der Waals surface area contributed by atoms with Gasteiger partial charge in [-0.1, -0.05) is 74.0 Å². The van der Waals surface area contributed by atoms with E-state index < -0.39 is 0 Å². The Labute approximate surface area is 231 Å². The van der Waals surface area contributed by atoms with Gasteiger partial charge in [0.15, 0.2) is 5.69 Å². The first kappa shape index (κ1) is 26.9. The van der Waals surface area contributed by atoms with E-state index in [-0.39, 0.29) is 23.9 Å². The van der Waals surface area contributed by atoms with Crippen LogP contribution in [-0.2, 0) is 11.2 Å². The predicted molar refractivity (Wildman–Crippen MR) is 154 cm³/mol. The van der Waals surface area contributed by atoms with E-state index in [2.05, 4.69) is 34.3 Å². The fourth-order valence-corrected chi connectivity index (χ4v) is 5.84. The molecule has 7 heteroatoms. The molecule has 2 fully saturated rings. The number of hydrogen-bond acceptors (Lipinski definition) is 4. The van der Waals surface area contributed by atoms with Gasteiger partial charge < -0.3 is 20.1 Å². The van der Waals surface area contributed by atoms with E-state index >= 15 is 0 Å². The molecule has 5 rings (SSSR count). The number of carbonyl (C=O) groups is 2. The second-order valence-electron chi connectivity index (χ2n) is 10.5. The minimum Gasteiger partial charge on any atom is -0.353 e. The van der Waals surface area contributed by atoms with Crippen LogP contribution in [0, 0.1) is 0 Å². The van der Waals surface area contributed by atoms with Gasteiger partial charge in [-0.15, -0.1) is 0 Å². The van der Waals surface area contributed by atoms with Crippen molar-refractivity contribution in [1.82, 2.24) is 25.1 Å². The van der Waals surface area contributed by atoms with Crippen molar-refractivity contribution in [2.24, 2.45) is 0 Å². The molecule has 0 radical (unpaired) electrons. The van der Waals surface area contributed by atoms with E-state index in [9.17, 15) is 9.59 Å². The van der Waals surface area contributed by atoms with Crippen LogP contribution in [0.4, 0.5) is 0 Å². The Morgan fingerprint density at radius 1 is 1.08 bits per heavy atom. The molecule has 0 bridgehead atoms. The molecule has 2 atom stereocenters. The van der Waals surface area contributed by atoms with Gasteiger partial charge in [0.1, 0.15) is 0 Å². The number of imidazole rings is 1. The summed E-state index contributed by atoms with van der Waals surface area (Å²) in [5, 5.41) is 6.45. The van der Waals surface area contributed by atoms with Crippen LogP contribution >= 0.6 is 0 Å². The largest absolute Gasteiger partial charge is 0.353 e. The van der Waals surface area contributed by atoms with Gasteiger partial charge in [-0.3, -0.25) is 9.59 Å². The normalized spacial score (nSPS) is 20.6. The van der Waals surface area contributed by atoms with E-state index in [1.807, 2.05) is 59.8 Å². The number of carbonyl (C=O) groups excluding carboxylic acids is 2. The highest BCUT2D eigenvalue weighted by Gasteiger charge is 2.33. The molecular weight excluding hydrogens is 486 g/mol. The van der Waals surface area contributed by atoms with Crippen molar-refractivity contribution in [3.8, 4) is 11.3 Å². The summed E-state index contributed by atoms with van der Waals surface area (Å²) in [6.45, 7) is 4.88. The standard InChI is InChI=1S/C32H39N5O2/c1-2-17-34-29(38)21-26-15-9-10-16-28(26)37-23-35-30(31(37)25-13-7-4-8-14-25)32(39)36-19-18-33-22-27(36)20-24-11-5-3-6-12-24/h3-8,11-14,21,23,27-28,33H,2,9-10,15-20,22H2,1H3,(H,34,38)/t27-,28?/m0/s1. The Morgan fingerprint density at radius 2 is 1.85 bits per heavy atom. The van der Waals surface area contributed by atoms with Crippen LogP contribution < -0.4 is 10.6 Å². The first-order valence-electron chi connectivity index (χ1n) is 14.3. The zero-order valence-corrected chi connectivity index (χ0v) is 22.8. The molecule has 1 aliphatic carbocycles. The van der Waals surface area contributed by atoms with Gasteiger partial charge in [0.2, 0.25) is 5.91 Å². The lowest BCUT2D eigenvalue weighted by Gasteiger charge is -2.36. The zero-order chi connectivity index (χ0) is 27.0. The molecule has 0 spiro atoms. The summed E-state index contributed by atoms with van der Waals surface area (Å²) in [6.07, 6.45) is 9.22. The minimum atomic E-state index is -0.0407. The molecule has 1 aliphatic heterocycles. The van der Waals surface area contributed by atoms with Crippen molar-refractivity contribution in [1.29, 1.82) is 0 Å². The van der Waals surface area contributed by atoms with Gasteiger partial charge in [0.25, 0.3) is 5.91 Å². The Kier molecular flexibility index (Phi) is 8.89. The minimum absolute atomic E-state index is 0.00137. The summed E-state index contributed by atoms with van der Waals surface area (Å²) in [5.41, 5.74) is 4.61. The van der Waals surface area contributed by atoms with Crippen molar-refractivity contribution in [2.75, 3.05) is 26.2 Å². The molecule has 1 unspecified atom stereocenters. The number of amides is 2. The summed E-state index contributed by atoms with van der Waals surface area (Å²) < 4.78 is 2.15. The predicted octanol–water partition coefficient (Wildman–Crippen LogP) is 4.77. The lowest BCUT2D eigenvalue weighted by atomic mass is 9.88. The second kappa shape index (κ2) is 12.9. The highest BCUT2D eigenvalue weighted by Crippen LogP contribution is 2.38. The number of hydrogen-bond donors (Lipinski definition) is 2. The molecule has 204 valence electrons. The number of aromatic nitrogens is 2. The van der Waals surface area contributed by atoms with Crippen LogP contribution in [0.5, 0.6) is 0 Å². The summed E-state index contributed by atoms with van der Waals surface area (Å²) in [5.74, 6) is -0.0712. The first-order valence-corrected chi connectivity index (χ1v) is 14.3. The number of allylic oxidation sites excluding steroid dienone is 1. The quantitative estimate of drug-likeness (QED) is 0.415. The SMILES string of the molecule is CCCNC(=O)C=C1CCCCC1n1cnc(C(=O)N2CCNC[C@@H]2Cc2ccccc2)c1-c1ccccc1. The van der Waals surface area contributed by atoms with Gasteiger partial charge in [-0.25, -0.2) is 4.98 Å². The third-order valence-electron chi connectivity index (χ3n) is 7.79. The Morgan fingerprint density at radius 3 is 2.62 bits per heavy atom. The smallest absolute Gasteiger partial charge is 0.275 e. The van der Waals surface area contributed by atoms with Gasteiger partial charge >= 0.3 is 0 Å². The van der Waals surface area contributed by atoms with Crippen molar-refractivity contribution in [3.05, 3.63) is 89.9 Å². The molecule has 3 aromatic rings. The molecule has 7 nitrogen and oxygen atoms in total. The summed E-state index contributed by atoms with van der Waals surface area (Å²) >= 11 is 0. The third-order valence-corrected chi connectivity index (χ3v) is 7.79. The summed E-state index contributed by atoms with van der Waals surface area (Å²) in [4.78, 5) is 33.6. The average Bonchev–Trinajstić information content (AvgIpc) is 3.42. The van der Waals surface area contributed by atoms with Crippen LogP contribution in [0.3, 0.4) is 0 Å². The van der Waals surface area contributed by atoms with Gasteiger partial charge in [-0.05, 0) is 43.2 Å². The average molecular weight is 526 g/mol. The van der Waals surface area contributed by atoms with Crippen LogP contribution in [0.25, 0.3) is 11.3 Å². The molecule has 1 aromatic heterocycles. The second-order valence-corrected chi connectivity index (χ2v) is 10.5. The highest BCUT2D eigenvalue weighted by atomic mass is 16.2. The van der Waals surface area contributed by atoms with E-state index in [1.165, 1.54) is 5.56 Å². The monoisotopic (exact) mass is 525 g/mol. The van der Waals surface area contributed by atoms with Crippen LogP contribution in [0.1, 0.15) is 61.1 Å². The van der Waals surface area contributed by atoms with E-state index in [0.717, 1.165) is 68.4 Å². The van der Waals surface area contributed by atoms with Crippen molar-refractivity contribution < 1.29 is 9.59 Å². The zero-order valence-electron chi connectivity index (χ0n) is 22.8. The molecule has 2 aliphatic rings. The lowest BCUT2D eigenvalue weighted by Crippen LogP contribution is -2.54. The first-order chi connectivity index (χ1) is 19.2. The fraction of sp³-hybridized carbons (Fsp3) is 0.406. The molecular formula is C32H39N5O2. The number of nitrogens with one attached hydrogen (secondary N) is 2.